The molecule has 0 bridgehead atoms. The normalized spacial score (nSPS) is 9.90. The summed E-state index contributed by atoms with van der Waals surface area (Å²) in [6.07, 6.45) is 1.35. The Bertz CT molecular complexity index is 234. The van der Waals surface area contributed by atoms with E-state index in [9.17, 15) is 0 Å². The quantitative estimate of drug-likeness (QED) is 0.694. The first kappa shape index (κ1) is 7.92. The van der Waals surface area contributed by atoms with Crippen LogP contribution in [0.25, 0.3) is 0 Å². The molecule has 2 nitrogen and oxygen atoms in total. The number of rotatable bonds is 0. The lowest BCUT2D eigenvalue weighted by Crippen LogP contribution is -1.90. The van der Waals surface area contributed by atoms with Gasteiger partial charge >= 0.3 is 0 Å². The zero-order valence-corrected chi connectivity index (χ0v) is 7.00. The molecule has 0 saturated heterocycles. The van der Waals surface area contributed by atoms with E-state index in [2.05, 4.69) is 4.98 Å². The molecule has 2 N–H and O–H groups in total. The van der Waals surface area contributed by atoms with Crippen LogP contribution >= 0.6 is 34.8 Å². The summed E-state index contributed by atoms with van der Waals surface area (Å²) < 4.78 is 0. The molecule has 1 aromatic heterocycles. The number of aromatic nitrogens is 1. The van der Waals surface area contributed by atoms with Gasteiger partial charge in [0.25, 0.3) is 0 Å². The van der Waals surface area contributed by atoms with Crippen LogP contribution in [0.2, 0.25) is 15.1 Å². The van der Waals surface area contributed by atoms with Crippen molar-refractivity contribution in [2.75, 3.05) is 5.73 Å². The van der Waals surface area contributed by atoms with Crippen LogP contribution in [0.1, 0.15) is 0 Å². The van der Waals surface area contributed by atoms with Gasteiger partial charge in [-0.25, -0.2) is 4.98 Å². The third kappa shape index (κ3) is 1.29. The molecule has 0 radical (unpaired) electrons. The first-order chi connectivity index (χ1) is 4.63. The van der Waals surface area contributed by atoms with Crippen molar-refractivity contribution in [1.82, 2.24) is 4.98 Å². The Morgan fingerprint density at radius 2 is 1.80 bits per heavy atom. The molecule has 1 aromatic rings. The molecule has 0 fully saturated rings. The SMILES string of the molecule is Nc1ncc(Cl)c(Cl)c1Cl. The molecule has 0 saturated carbocycles. The zero-order chi connectivity index (χ0) is 7.72. The molecule has 0 aliphatic rings. The summed E-state index contributed by atoms with van der Waals surface area (Å²) in [5, 5.41) is 0.755. The van der Waals surface area contributed by atoms with E-state index in [4.69, 9.17) is 40.5 Å². The highest BCUT2D eigenvalue weighted by Gasteiger charge is 2.06. The second kappa shape index (κ2) is 2.82. The molecule has 1 rings (SSSR count). The van der Waals surface area contributed by atoms with Crippen molar-refractivity contribution in [1.29, 1.82) is 0 Å². The highest BCUT2D eigenvalue weighted by molar-refractivity contribution is 6.48. The number of nitrogens with zero attached hydrogens (tertiary/aromatic N) is 1. The molecule has 0 atom stereocenters. The van der Waals surface area contributed by atoms with E-state index < -0.39 is 0 Å². The van der Waals surface area contributed by atoms with Crippen LogP contribution in [-0.4, -0.2) is 4.98 Å². The van der Waals surface area contributed by atoms with Crippen LogP contribution in [0.15, 0.2) is 6.20 Å². The van der Waals surface area contributed by atoms with E-state index in [1.54, 1.807) is 0 Å². The molecule has 0 spiro atoms. The van der Waals surface area contributed by atoms with E-state index >= 15 is 0 Å². The summed E-state index contributed by atoms with van der Waals surface area (Å²) >= 11 is 16.7. The second-order valence-electron chi connectivity index (χ2n) is 1.62. The minimum absolute atomic E-state index is 0.191. The van der Waals surface area contributed by atoms with Gasteiger partial charge in [0.1, 0.15) is 10.8 Å². The Morgan fingerprint density at radius 1 is 1.20 bits per heavy atom. The van der Waals surface area contributed by atoms with Gasteiger partial charge in [-0.05, 0) is 0 Å². The van der Waals surface area contributed by atoms with Gasteiger partial charge in [0.2, 0.25) is 0 Å². The van der Waals surface area contributed by atoms with Gasteiger partial charge in [-0.1, -0.05) is 34.8 Å². The van der Waals surface area contributed by atoms with Gasteiger partial charge in [-0.15, -0.1) is 0 Å². The number of halogens is 3. The first-order valence-corrected chi connectivity index (χ1v) is 3.51. The maximum Gasteiger partial charge on any atom is 0.143 e. The number of anilines is 1. The minimum atomic E-state index is 0.191. The summed E-state index contributed by atoms with van der Waals surface area (Å²) in [5.74, 6) is 0.191. The molecule has 5 heteroatoms. The molecular weight excluding hydrogens is 194 g/mol. The lowest BCUT2D eigenvalue weighted by atomic mass is 10.4. The monoisotopic (exact) mass is 196 g/mol. The Labute approximate surface area is 72.9 Å². The van der Waals surface area contributed by atoms with Crippen LogP contribution in [0.3, 0.4) is 0 Å². The number of hydrogen-bond acceptors (Lipinski definition) is 2. The van der Waals surface area contributed by atoms with E-state index in [1.165, 1.54) is 6.20 Å². The Balaban J connectivity index is 3.34. The van der Waals surface area contributed by atoms with Gasteiger partial charge in [0.15, 0.2) is 0 Å². The van der Waals surface area contributed by atoms with Gasteiger partial charge in [0.05, 0.1) is 10.0 Å². The molecule has 0 unspecified atom stereocenters. The molecule has 10 heavy (non-hydrogen) atoms. The lowest BCUT2D eigenvalue weighted by Gasteiger charge is -1.99. The highest BCUT2D eigenvalue weighted by Crippen LogP contribution is 2.31. The van der Waals surface area contributed by atoms with E-state index in [0.29, 0.717) is 5.02 Å². The fourth-order valence-electron chi connectivity index (χ4n) is 0.457. The van der Waals surface area contributed by atoms with Crippen LogP contribution in [0.4, 0.5) is 5.82 Å². The smallest absolute Gasteiger partial charge is 0.143 e. The van der Waals surface area contributed by atoms with Crippen molar-refractivity contribution in [2.45, 2.75) is 0 Å². The third-order valence-electron chi connectivity index (χ3n) is 0.944. The van der Waals surface area contributed by atoms with Gasteiger partial charge in [-0.3, -0.25) is 0 Å². The molecule has 54 valence electrons. The predicted octanol–water partition coefficient (Wildman–Crippen LogP) is 2.62. The molecule has 1 heterocycles. The average molecular weight is 197 g/mol. The fraction of sp³-hybridized carbons (Fsp3) is 0. The third-order valence-corrected chi connectivity index (χ3v) is 2.20. The Kier molecular flexibility index (Phi) is 2.24. The maximum absolute atomic E-state index is 5.60. The van der Waals surface area contributed by atoms with Crippen molar-refractivity contribution in [3.8, 4) is 0 Å². The topological polar surface area (TPSA) is 38.9 Å². The number of pyridine rings is 1. The van der Waals surface area contributed by atoms with Crippen LogP contribution < -0.4 is 5.73 Å². The van der Waals surface area contributed by atoms with Gasteiger partial charge in [0, 0.05) is 6.20 Å². The second-order valence-corrected chi connectivity index (χ2v) is 2.78. The van der Waals surface area contributed by atoms with Crippen LogP contribution in [-0.2, 0) is 0 Å². The molecule has 0 aliphatic heterocycles. The largest absolute Gasteiger partial charge is 0.382 e. The fourth-order valence-corrected chi connectivity index (χ4v) is 0.945. The van der Waals surface area contributed by atoms with E-state index in [0.717, 1.165) is 0 Å². The number of nitrogens with two attached hydrogens (primary N) is 1. The number of nitrogen functional groups attached to an aromatic ring is 1. The highest BCUT2D eigenvalue weighted by atomic mass is 35.5. The van der Waals surface area contributed by atoms with Crippen molar-refractivity contribution in [2.24, 2.45) is 0 Å². The predicted molar refractivity (Wildman–Crippen MR) is 43.7 cm³/mol. The van der Waals surface area contributed by atoms with Gasteiger partial charge in [-0.2, -0.15) is 0 Å². The number of hydrogen-bond donors (Lipinski definition) is 1. The maximum atomic E-state index is 5.60. The summed E-state index contributed by atoms with van der Waals surface area (Å²) in [5.41, 5.74) is 5.30. The Hall–Kier alpha value is -0.180. The zero-order valence-electron chi connectivity index (χ0n) is 4.74. The van der Waals surface area contributed by atoms with Crippen molar-refractivity contribution in [3.05, 3.63) is 21.3 Å². The van der Waals surface area contributed by atoms with Crippen molar-refractivity contribution >= 4 is 40.6 Å². The van der Waals surface area contributed by atoms with Gasteiger partial charge < -0.3 is 5.73 Å². The minimum Gasteiger partial charge on any atom is -0.382 e. The summed E-state index contributed by atoms with van der Waals surface area (Å²) in [7, 11) is 0. The van der Waals surface area contributed by atoms with Crippen LogP contribution in [0, 0.1) is 0 Å². The average Bonchev–Trinajstić information content (AvgIpc) is 1.93. The molecular formula is C5H3Cl3N2. The van der Waals surface area contributed by atoms with Crippen molar-refractivity contribution in [3.63, 3.8) is 0 Å². The van der Waals surface area contributed by atoms with Crippen LogP contribution in [0.5, 0.6) is 0 Å². The molecule has 0 aliphatic carbocycles. The Morgan fingerprint density at radius 3 is 2.30 bits per heavy atom. The summed E-state index contributed by atoms with van der Waals surface area (Å²) in [4.78, 5) is 3.67. The van der Waals surface area contributed by atoms with E-state index in [-0.39, 0.29) is 15.9 Å². The van der Waals surface area contributed by atoms with Crippen molar-refractivity contribution < 1.29 is 0 Å². The molecule has 0 amide bonds. The lowest BCUT2D eigenvalue weighted by molar-refractivity contribution is 1.34. The summed E-state index contributed by atoms with van der Waals surface area (Å²) in [6.45, 7) is 0. The first-order valence-electron chi connectivity index (χ1n) is 2.38. The summed E-state index contributed by atoms with van der Waals surface area (Å²) in [6, 6.07) is 0. The molecule has 0 aromatic carbocycles. The standard InChI is InChI=1S/C5H3Cl3N2/c6-2-1-10-5(9)4(8)3(2)7/h1H,(H2,9,10). The van der Waals surface area contributed by atoms with E-state index in [1.807, 2.05) is 0 Å².